The van der Waals surface area contributed by atoms with Crippen molar-refractivity contribution < 1.29 is 14.3 Å². The number of H-pyrrole nitrogens is 2. The third-order valence-corrected chi connectivity index (χ3v) is 2.60. The van der Waals surface area contributed by atoms with Gasteiger partial charge in [0.1, 0.15) is 11.5 Å². The van der Waals surface area contributed by atoms with Crippen LogP contribution in [-0.4, -0.2) is 28.3 Å². The number of ether oxygens (including phenoxy) is 1. The second-order valence-electron chi connectivity index (χ2n) is 4.33. The van der Waals surface area contributed by atoms with Gasteiger partial charge in [-0.25, -0.2) is 4.79 Å². The van der Waals surface area contributed by atoms with Crippen LogP contribution in [-0.2, 0) is 9.59 Å². The summed E-state index contributed by atoms with van der Waals surface area (Å²) < 4.78 is 5.42. The van der Waals surface area contributed by atoms with Crippen LogP contribution >= 0.6 is 0 Å². The number of fused-ring (bicyclic) bond motifs is 1. The molecule has 7 nitrogen and oxygen atoms in total. The van der Waals surface area contributed by atoms with E-state index in [2.05, 4.69) is 15.3 Å². The van der Waals surface area contributed by atoms with Gasteiger partial charge in [0.25, 0.3) is 0 Å². The lowest BCUT2D eigenvalue weighted by Crippen LogP contribution is -2.15. The fourth-order valence-electron chi connectivity index (χ4n) is 1.86. The molecule has 1 amide bonds. The van der Waals surface area contributed by atoms with Crippen LogP contribution < -0.4 is 15.7 Å². The van der Waals surface area contributed by atoms with E-state index in [9.17, 15) is 14.4 Å². The zero-order chi connectivity index (χ0) is 14.7. The summed E-state index contributed by atoms with van der Waals surface area (Å²) in [7, 11) is 0. The first-order valence-corrected chi connectivity index (χ1v) is 6.17. The van der Waals surface area contributed by atoms with Crippen LogP contribution in [0.2, 0.25) is 0 Å². The Labute approximate surface area is 114 Å². The minimum atomic E-state index is -0.421. The fraction of sp³-hybridized carbons (Fsp3) is 0.308. The standard InChI is InChI=1S/C13H15N3O4/c1-3-20-11-6-9-8(15-13(19)16-9)5-10(11)14-12(18)4-7(2)17/h5-6H,3-4H2,1-2H3,(H,14,18)(H2,15,16,19). The van der Waals surface area contributed by atoms with E-state index in [-0.39, 0.29) is 17.9 Å². The number of aromatic nitrogens is 2. The second kappa shape index (κ2) is 5.60. The van der Waals surface area contributed by atoms with Crippen molar-refractivity contribution in [3.63, 3.8) is 0 Å². The molecule has 0 aliphatic rings. The van der Waals surface area contributed by atoms with E-state index < -0.39 is 5.91 Å². The Balaban J connectivity index is 2.38. The highest BCUT2D eigenvalue weighted by molar-refractivity contribution is 6.04. The summed E-state index contributed by atoms with van der Waals surface area (Å²) in [6.07, 6.45) is -0.201. The molecule has 20 heavy (non-hydrogen) atoms. The number of hydrogen-bond donors (Lipinski definition) is 3. The maximum Gasteiger partial charge on any atom is 0.323 e. The molecule has 1 heterocycles. The van der Waals surface area contributed by atoms with Crippen LogP contribution in [0.5, 0.6) is 5.75 Å². The molecule has 0 aliphatic carbocycles. The van der Waals surface area contributed by atoms with Crippen LogP contribution in [0.1, 0.15) is 20.3 Å². The number of imidazole rings is 1. The van der Waals surface area contributed by atoms with Gasteiger partial charge in [-0.2, -0.15) is 0 Å². The van der Waals surface area contributed by atoms with Gasteiger partial charge in [0.05, 0.1) is 29.7 Å². The molecule has 0 saturated carbocycles. The van der Waals surface area contributed by atoms with Gasteiger partial charge >= 0.3 is 5.69 Å². The molecule has 0 saturated heterocycles. The molecular weight excluding hydrogens is 262 g/mol. The predicted molar refractivity (Wildman–Crippen MR) is 74.0 cm³/mol. The minimum absolute atomic E-state index is 0.201. The van der Waals surface area contributed by atoms with Crippen molar-refractivity contribution in [2.45, 2.75) is 20.3 Å². The number of ketones is 1. The van der Waals surface area contributed by atoms with Crippen LogP contribution in [0.3, 0.4) is 0 Å². The predicted octanol–water partition coefficient (Wildman–Crippen LogP) is 1.17. The Kier molecular flexibility index (Phi) is 3.88. The molecular formula is C13H15N3O4. The molecule has 1 aromatic heterocycles. The van der Waals surface area contributed by atoms with Gasteiger partial charge in [-0.1, -0.05) is 0 Å². The summed E-state index contributed by atoms with van der Waals surface area (Å²) in [6, 6.07) is 3.22. The second-order valence-corrected chi connectivity index (χ2v) is 4.33. The zero-order valence-electron chi connectivity index (χ0n) is 11.2. The smallest absolute Gasteiger partial charge is 0.323 e. The van der Waals surface area contributed by atoms with E-state index >= 15 is 0 Å². The van der Waals surface area contributed by atoms with Crippen LogP contribution in [0.25, 0.3) is 11.0 Å². The van der Waals surface area contributed by atoms with Crippen molar-refractivity contribution >= 4 is 28.4 Å². The minimum Gasteiger partial charge on any atom is -0.492 e. The first kappa shape index (κ1) is 13.9. The quantitative estimate of drug-likeness (QED) is 0.713. The van der Waals surface area contributed by atoms with Gasteiger partial charge in [0.2, 0.25) is 5.91 Å². The van der Waals surface area contributed by atoms with Crippen LogP contribution in [0.15, 0.2) is 16.9 Å². The molecule has 106 valence electrons. The topological polar surface area (TPSA) is 104 Å². The molecule has 0 unspecified atom stereocenters. The van der Waals surface area contributed by atoms with E-state index in [1.807, 2.05) is 6.92 Å². The molecule has 1 aromatic carbocycles. The van der Waals surface area contributed by atoms with Gasteiger partial charge < -0.3 is 20.0 Å². The maximum absolute atomic E-state index is 11.7. The van der Waals surface area contributed by atoms with Gasteiger partial charge in [-0.15, -0.1) is 0 Å². The number of amides is 1. The first-order chi connectivity index (χ1) is 9.49. The average Bonchev–Trinajstić information content (AvgIpc) is 2.68. The highest BCUT2D eigenvalue weighted by atomic mass is 16.5. The summed E-state index contributed by atoms with van der Waals surface area (Å²) in [5.74, 6) is -0.209. The summed E-state index contributed by atoms with van der Waals surface area (Å²) in [5.41, 5.74) is 1.22. The maximum atomic E-state index is 11.7. The normalized spacial score (nSPS) is 10.5. The van der Waals surface area contributed by atoms with Crippen LogP contribution in [0.4, 0.5) is 5.69 Å². The van der Waals surface area contributed by atoms with E-state index in [1.165, 1.54) is 6.92 Å². The SMILES string of the molecule is CCOc1cc2[nH]c(=O)[nH]c2cc1NC(=O)CC(C)=O. The molecule has 3 N–H and O–H groups in total. The summed E-state index contributed by atoms with van der Waals surface area (Å²) in [4.78, 5) is 39.0. The van der Waals surface area contributed by atoms with Crippen molar-refractivity contribution in [3.05, 3.63) is 22.6 Å². The van der Waals surface area contributed by atoms with Crippen LogP contribution in [0, 0.1) is 0 Å². The molecule has 0 bridgehead atoms. The number of anilines is 1. The third-order valence-electron chi connectivity index (χ3n) is 2.60. The Morgan fingerprint density at radius 3 is 2.50 bits per heavy atom. The highest BCUT2D eigenvalue weighted by Crippen LogP contribution is 2.28. The van der Waals surface area contributed by atoms with Crippen molar-refractivity contribution in [1.29, 1.82) is 0 Å². The lowest BCUT2D eigenvalue weighted by Gasteiger charge is -2.11. The highest BCUT2D eigenvalue weighted by Gasteiger charge is 2.12. The van der Waals surface area contributed by atoms with E-state index in [4.69, 9.17) is 4.74 Å². The number of nitrogens with one attached hydrogen (secondary N) is 3. The van der Waals surface area contributed by atoms with Gasteiger partial charge in [-0.3, -0.25) is 9.59 Å². The molecule has 2 aromatic rings. The van der Waals surface area contributed by atoms with Gasteiger partial charge in [0, 0.05) is 6.07 Å². The molecule has 0 fully saturated rings. The molecule has 0 spiro atoms. The number of hydrogen-bond acceptors (Lipinski definition) is 4. The van der Waals surface area contributed by atoms with E-state index in [0.29, 0.717) is 29.1 Å². The van der Waals surface area contributed by atoms with E-state index in [0.717, 1.165) is 0 Å². The first-order valence-electron chi connectivity index (χ1n) is 6.17. The Hall–Kier alpha value is -2.57. The largest absolute Gasteiger partial charge is 0.492 e. The number of aromatic amines is 2. The fourth-order valence-corrected chi connectivity index (χ4v) is 1.86. The molecule has 0 aliphatic heterocycles. The summed E-state index contributed by atoms with van der Waals surface area (Å²) in [6.45, 7) is 3.57. The lowest BCUT2D eigenvalue weighted by atomic mass is 10.2. The lowest BCUT2D eigenvalue weighted by molar-refractivity contribution is -0.124. The third kappa shape index (κ3) is 3.05. The molecule has 7 heteroatoms. The van der Waals surface area contributed by atoms with Crippen molar-refractivity contribution in [3.8, 4) is 5.75 Å². The number of rotatable bonds is 5. The monoisotopic (exact) mass is 277 g/mol. The zero-order valence-corrected chi connectivity index (χ0v) is 11.2. The van der Waals surface area contributed by atoms with Gasteiger partial charge in [-0.05, 0) is 19.9 Å². The number of benzene rings is 1. The van der Waals surface area contributed by atoms with Crippen molar-refractivity contribution in [2.75, 3.05) is 11.9 Å². The molecule has 0 atom stereocenters. The Morgan fingerprint density at radius 1 is 1.25 bits per heavy atom. The number of carbonyl (C=O) groups is 2. The molecule has 2 rings (SSSR count). The average molecular weight is 277 g/mol. The number of carbonyl (C=O) groups excluding carboxylic acids is 2. The van der Waals surface area contributed by atoms with Crippen molar-refractivity contribution in [1.82, 2.24) is 9.97 Å². The van der Waals surface area contributed by atoms with E-state index in [1.54, 1.807) is 12.1 Å². The van der Waals surface area contributed by atoms with Gasteiger partial charge in [0.15, 0.2) is 0 Å². The summed E-state index contributed by atoms with van der Waals surface area (Å²) >= 11 is 0. The Morgan fingerprint density at radius 2 is 1.90 bits per heavy atom. The number of Topliss-reactive ketones (excluding diaryl/α,β-unsaturated/α-hetero) is 1. The van der Waals surface area contributed by atoms with Crippen molar-refractivity contribution in [2.24, 2.45) is 0 Å². The summed E-state index contributed by atoms with van der Waals surface area (Å²) in [5, 5.41) is 2.61. The molecule has 0 radical (unpaired) electrons. The Bertz CT molecular complexity index is 714.